The van der Waals surface area contributed by atoms with E-state index in [0.717, 1.165) is 5.69 Å². The molecule has 1 aromatic heterocycles. The largest absolute Gasteiger partial charge is 0.364 e. The van der Waals surface area contributed by atoms with E-state index in [9.17, 15) is 4.79 Å². The van der Waals surface area contributed by atoms with Crippen LogP contribution < -0.4 is 0 Å². The van der Waals surface area contributed by atoms with Gasteiger partial charge in [0.25, 0.3) is 0 Å². The Labute approximate surface area is 92.6 Å². The zero-order valence-electron chi connectivity index (χ0n) is 8.67. The summed E-state index contributed by atoms with van der Waals surface area (Å²) in [6.07, 6.45) is 1.85. The minimum absolute atomic E-state index is 0.0760. The van der Waals surface area contributed by atoms with Crippen molar-refractivity contribution in [3.05, 3.63) is 24.0 Å². The predicted octanol–water partition coefficient (Wildman–Crippen LogP) is 2.15. The highest BCUT2D eigenvalue weighted by molar-refractivity contribution is 9.10. The Hall–Kier alpha value is -0.770. The number of hydrogen-bond donors (Lipinski definition) is 1. The van der Waals surface area contributed by atoms with Gasteiger partial charge < -0.3 is 9.88 Å². The lowest BCUT2D eigenvalue weighted by atomic mass is 10.2. The van der Waals surface area contributed by atoms with Crippen molar-refractivity contribution in [2.75, 3.05) is 7.05 Å². The summed E-state index contributed by atoms with van der Waals surface area (Å²) >= 11 is 3.35. The lowest BCUT2D eigenvalue weighted by Gasteiger charge is -2.24. The first-order chi connectivity index (χ1) is 6.41. The van der Waals surface area contributed by atoms with E-state index >= 15 is 0 Å². The third kappa shape index (κ3) is 2.87. The predicted molar refractivity (Wildman–Crippen MR) is 60.3 cm³/mol. The topological polar surface area (TPSA) is 36.1 Å². The van der Waals surface area contributed by atoms with E-state index < -0.39 is 4.32 Å². The molecule has 78 valence electrons. The number of amides is 1. The van der Waals surface area contributed by atoms with E-state index in [-0.39, 0.29) is 5.91 Å². The molecule has 0 spiro atoms. The van der Waals surface area contributed by atoms with Gasteiger partial charge in [0.05, 0.1) is 10.9 Å². The first kappa shape index (κ1) is 11.3. The van der Waals surface area contributed by atoms with E-state index in [0.29, 0.717) is 6.54 Å². The van der Waals surface area contributed by atoms with Crippen LogP contribution in [0.4, 0.5) is 0 Å². The summed E-state index contributed by atoms with van der Waals surface area (Å²) in [6.45, 7) is 4.31. The number of halogens is 1. The number of rotatable bonds is 3. The zero-order valence-corrected chi connectivity index (χ0v) is 10.3. The minimum atomic E-state index is -0.492. The third-order valence-corrected chi connectivity index (χ3v) is 2.26. The number of aromatic amines is 1. The summed E-state index contributed by atoms with van der Waals surface area (Å²) in [5.74, 6) is 0.0760. The second kappa shape index (κ2) is 4.17. The van der Waals surface area contributed by atoms with Gasteiger partial charge in [0.1, 0.15) is 0 Å². The molecule has 0 aromatic carbocycles. The number of alkyl halides is 1. The van der Waals surface area contributed by atoms with Gasteiger partial charge in [-0.15, -0.1) is 0 Å². The lowest BCUT2D eigenvalue weighted by molar-refractivity contribution is -0.132. The Bertz CT molecular complexity index is 300. The third-order valence-electron chi connectivity index (χ3n) is 1.93. The smallest absolute Gasteiger partial charge is 0.238 e. The van der Waals surface area contributed by atoms with Crippen LogP contribution in [0.1, 0.15) is 19.5 Å². The molecule has 0 bridgehead atoms. The van der Waals surface area contributed by atoms with Gasteiger partial charge in [-0.1, -0.05) is 15.9 Å². The van der Waals surface area contributed by atoms with E-state index in [1.54, 1.807) is 11.9 Å². The van der Waals surface area contributed by atoms with E-state index in [4.69, 9.17) is 0 Å². The Morgan fingerprint density at radius 1 is 1.64 bits per heavy atom. The number of H-pyrrole nitrogens is 1. The highest BCUT2D eigenvalue weighted by atomic mass is 79.9. The normalized spacial score (nSPS) is 11.4. The molecular weight excluding hydrogens is 244 g/mol. The summed E-state index contributed by atoms with van der Waals surface area (Å²) in [7, 11) is 1.80. The highest BCUT2D eigenvalue weighted by Gasteiger charge is 2.26. The van der Waals surface area contributed by atoms with Crippen LogP contribution in [-0.4, -0.2) is 27.2 Å². The number of nitrogens with zero attached hydrogens (tertiary/aromatic N) is 1. The van der Waals surface area contributed by atoms with Gasteiger partial charge in [-0.25, -0.2) is 0 Å². The molecule has 0 atom stereocenters. The summed E-state index contributed by atoms with van der Waals surface area (Å²) in [5, 5.41) is 0. The van der Waals surface area contributed by atoms with Gasteiger partial charge in [-0.3, -0.25) is 4.79 Å². The van der Waals surface area contributed by atoms with E-state index in [1.807, 2.05) is 32.2 Å². The van der Waals surface area contributed by atoms with Gasteiger partial charge >= 0.3 is 0 Å². The lowest BCUT2D eigenvalue weighted by Crippen LogP contribution is -2.38. The fourth-order valence-electron chi connectivity index (χ4n) is 1.25. The molecule has 0 aliphatic rings. The van der Waals surface area contributed by atoms with Gasteiger partial charge in [0.2, 0.25) is 5.91 Å². The Balaban J connectivity index is 2.59. The second-order valence-corrected chi connectivity index (χ2v) is 5.81. The monoisotopic (exact) mass is 258 g/mol. The van der Waals surface area contributed by atoms with Crippen LogP contribution in [-0.2, 0) is 11.3 Å². The summed E-state index contributed by atoms with van der Waals surface area (Å²) in [6, 6.07) is 3.89. The van der Waals surface area contributed by atoms with Crippen molar-refractivity contribution in [1.29, 1.82) is 0 Å². The summed E-state index contributed by atoms with van der Waals surface area (Å²) < 4.78 is -0.492. The molecule has 0 radical (unpaired) electrons. The number of hydrogen-bond acceptors (Lipinski definition) is 1. The van der Waals surface area contributed by atoms with Crippen LogP contribution >= 0.6 is 15.9 Å². The van der Waals surface area contributed by atoms with Crippen molar-refractivity contribution in [2.24, 2.45) is 0 Å². The average Bonchev–Trinajstić information content (AvgIpc) is 2.53. The molecule has 0 aliphatic carbocycles. The van der Waals surface area contributed by atoms with Crippen molar-refractivity contribution in [1.82, 2.24) is 9.88 Å². The van der Waals surface area contributed by atoms with Gasteiger partial charge in [0, 0.05) is 18.9 Å². The molecule has 4 heteroatoms. The minimum Gasteiger partial charge on any atom is -0.364 e. The van der Waals surface area contributed by atoms with E-state index in [1.165, 1.54) is 0 Å². The fourth-order valence-corrected chi connectivity index (χ4v) is 1.55. The number of nitrogens with one attached hydrogen (secondary N) is 1. The summed E-state index contributed by atoms with van der Waals surface area (Å²) in [4.78, 5) is 16.5. The molecule has 0 aliphatic heterocycles. The van der Waals surface area contributed by atoms with Crippen molar-refractivity contribution in [2.45, 2.75) is 24.7 Å². The quantitative estimate of drug-likeness (QED) is 0.829. The Morgan fingerprint density at radius 3 is 2.71 bits per heavy atom. The van der Waals surface area contributed by atoms with Crippen molar-refractivity contribution in [3.63, 3.8) is 0 Å². The van der Waals surface area contributed by atoms with Crippen LogP contribution in [0.3, 0.4) is 0 Å². The van der Waals surface area contributed by atoms with Gasteiger partial charge in [0.15, 0.2) is 0 Å². The molecule has 0 saturated heterocycles. The molecule has 1 N–H and O–H groups in total. The standard InChI is InChI=1S/C10H15BrN2O/c1-10(2,11)9(14)13(3)7-8-5-4-6-12-8/h4-6,12H,7H2,1-3H3. The molecule has 0 unspecified atom stereocenters. The Kier molecular flexibility index (Phi) is 3.37. The number of carbonyl (C=O) groups is 1. The maximum absolute atomic E-state index is 11.8. The van der Waals surface area contributed by atoms with Crippen LogP contribution in [0.5, 0.6) is 0 Å². The van der Waals surface area contributed by atoms with Gasteiger partial charge in [-0.05, 0) is 26.0 Å². The zero-order chi connectivity index (χ0) is 10.8. The molecule has 14 heavy (non-hydrogen) atoms. The molecule has 1 amide bonds. The first-order valence-corrected chi connectivity index (χ1v) is 5.27. The highest BCUT2D eigenvalue weighted by Crippen LogP contribution is 2.19. The van der Waals surface area contributed by atoms with Crippen LogP contribution in [0.25, 0.3) is 0 Å². The molecule has 3 nitrogen and oxygen atoms in total. The number of aromatic nitrogens is 1. The Morgan fingerprint density at radius 2 is 2.29 bits per heavy atom. The molecule has 1 aromatic rings. The van der Waals surface area contributed by atoms with Crippen LogP contribution in [0.2, 0.25) is 0 Å². The van der Waals surface area contributed by atoms with Crippen LogP contribution in [0, 0.1) is 0 Å². The molecule has 0 saturated carbocycles. The maximum Gasteiger partial charge on any atom is 0.238 e. The van der Waals surface area contributed by atoms with Crippen molar-refractivity contribution < 1.29 is 4.79 Å². The van der Waals surface area contributed by atoms with Crippen molar-refractivity contribution in [3.8, 4) is 0 Å². The van der Waals surface area contributed by atoms with Crippen LogP contribution in [0.15, 0.2) is 18.3 Å². The molecular formula is C10H15BrN2O. The van der Waals surface area contributed by atoms with Crippen molar-refractivity contribution >= 4 is 21.8 Å². The average molecular weight is 259 g/mol. The fraction of sp³-hybridized carbons (Fsp3) is 0.500. The number of carbonyl (C=O) groups excluding carboxylic acids is 1. The van der Waals surface area contributed by atoms with Gasteiger partial charge in [-0.2, -0.15) is 0 Å². The second-order valence-electron chi connectivity index (χ2n) is 3.83. The SMILES string of the molecule is CN(Cc1ccc[nH]1)C(=O)C(C)(C)Br. The molecule has 1 rings (SSSR count). The molecule has 0 fully saturated rings. The van der Waals surface area contributed by atoms with E-state index in [2.05, 4.69) is 20.9 Å². The summed E-state index contributed by atoms with van der Waals surface area (Å²) in [5.41, 5.74) is 1.04. The first-order valence-electron chi connectivity index (χ1n) is 4.48. The molecule has 1 heterocycles. The maximum atomic E-state index is 11.8.